The molecule has 6 atom stereocenters. The van der Waals surface area contributed by atoms with E-state index in [4.69, 9.17) is 0 Å². The zero-order valence-corrected chi connectivity index (χ0v) is 13.4. The van der Waals surface area contributed by atoms with Gasteiger partial charge in [-0.25, -0.2) is 0 Å². The molecule has 0 spiro atoms. The number of hydrogen-bond acceptors (Lipinski definition) is 2. The Hall–Kier alpha value is -0.630. The van der Waals surface area contributed by atoms with Gasteiger partial charge < -0.3 is 5.11 Å². The smallest absolute Gasteiger partial charge is 0.139 e. The van der Waals surface area contributed by atoms with E-state index in [1.807, 2.05) is 0 Å². The fraction of sp³-hybridized carbons (Fsp3) is 0.842. The van der Waals surface area contributed by atoms with E-state index in [1.165, 1.54) is 12.8 Å². The minimum atomic E-state index is -0.0814. The van der Waals surface area contributed by atoms with Crippen molar-refractivity contribution >= 4 is 5.78 Å². The second kappa shape index (κ2) is 4.44. The number of Topliss-reactive ketones (excluding diaryl/α,β-unsaturated/α-hetero) is 1. The van der Waals surface area contributed by atoms with Crippen molar-refractivity contribution in [3.63, 3.8) is 0 Å². The summed E-state index contributed by atoms with van der Waals surface area (Å²) in [7, 11) is 0. The van der Waals surface area contributed by atoms with Crippen molar-refractivity contribution < 1.29 is 9.90 Å². The van der Waals surface area contributed by atoms with Crippen molar-refractivity contribution in [1.29, 1.82) is 0 Å². The summed E-state index contributed by atoms with van der Waals surface area (Å²) in [6.07, 6.45) is 10.8. The molecule has 2 nitrogen and oxygen atoms in total. The van der Waals surface area contributed by atoms with Crippen LogP contribution >= 0.6 is 0 Å². The molecular formula is C19H28O2. The maximum absolute atomic E-state index is 12.3. The van der Waals surface area contributed by atoms with Crippen molar-refractivity contribution in [3.05, 3.63) is 11.6 Å². The van der Waals surface area contributed by atoms with E-state index < -0.39 is 0 Å². The first-order valence-corrected chi connectivity index (χ1v) is 8.87. The Labute approximate surface area is 128 Å². The molecule has 1 N–H and O–H groups in total. The molecule has 0 saturated heterocycles. The number of carbonyl (C=O) groups excluding carboxylic acids is 1. The van der Waals surface area contributed by atoms with E-state index in [1.54, 1.807) is 5.57 Å². The first-order valence-electron chi connectivity index (χ1n) is 8.87. The molecule has 3 saturated carbocycles. The maximum atomic E-state index is 12.3. The van der Waals surface area contributed by atoms with Crippen LogP contribution in [0, 0.1) is 28.6 Å². The van der Waals surface area contributed by atoms with Crippen LogP contribution in [0.25, 0.3) is 0 Å². The van der Waals surface area contributed by atoms with Gasteiger partial charge in [-0.05, 0) is 68.1 Å². The zero-order valence-electron chi connectivity index (χ0n) is 13.4. The normalized spacial score (nSPS) is 52.7. The highest BCUT2D eigenvalue weighted by Crippen LogP contribution is 2.63. The van der Waals surface area contributed by atoms with Crippen LogP contribution in [0.4, 0.5) is 0 Å². The van der Waals surface area contributed by atoms with Gasteiger partial charge in [-0.3, -0.25) is 4.79 Å². The summed E-state index contributed by atoms with van der Waals surface area (Å²) in [6, 6.07) is 0. The van der Waals surface area contributed by atoms with Crippen LogP contribution in [0.1, 0.15) is 65.2 Å². The van der Waals surface area contributed by atoms with Crippen molar-refractivity contribution in [2.75, 3.05) is 0 Å². The molecule has 21 heavy (non-hydrogen) atoms. The number of hydrogen-bond donors (Lipinski definition) is 1. The molecule has 0 amide bonds. The summed E-state index contributed by atoms with van der Waals surface area (Å²) in [5, 5.41) is 10.0. The molecule has 0 aromatic carbocycles. The fourth-order valence-corrected chi connectivity index (χ4v) is 6.29. The van der Waals surface area contributed by atoms with Crippen LogP contribution in [0.3, 0.4) is 0 Å². The fourth-order valence-electron chi connectivity index (χ4n) is 6.29. The van der Waals surface area contributed by atoms with Gasteiger partial charge in [0.2, 0.25) is 0 Å². The minimum Gasteiger partial charge on any atom is -0.393 e. The standard InChI is InChI=1S/C19H28O2/c1-18-9-7-13(20)11-12(18)3-4-14-15-5-6-17(21)19(15,2)10-8-16(14)18/h8,12-15,20H,3-7,9-11H2,1-2H3/t12-,13+,14+,15+,18+,19+/m1/s1. The van der Waals surface area contributed by atoms with Gasteiger partial charge in [0, 0.05) is 11.8 Å². The van der Waals surface area contributed by atoms with E-state index in [0.717, 1.165) is 38.5 Å². The van der Waals surface area contributed by atoms with Gasteiger partial charge in [-0.1, -0.05) is 25.5 Å². The highest BCUT2D eigenvalue weighted by molar-refractivity contribution is 5.87. The lowest BCUT2D eigenvalue weighted by atomic mass is 9.49. The third-order valence-corrected chi connectivity index (χ3v) is 7.71. The Kier molecular flexibility index (Phi) is 2.96. The van der Waals surface area contributed by atoms with Crippen molar-refractivity contribution in [2.24, 2.45) is 28.6 Å². The number of aliphatic hydroxyl groups is 1. The average Bonchev–Trinajstić information content (AvgIpc) is 2.76. The predicted molar refractivity (Wildman–Crippen MR) is 82.7 cm³/mol. The second-order valence-corrected chi connectivity index (χ2v) is 8.58. The zero-order chi connectivity index (χ0) is 14.8. The quantitative estimate of drug-likeness (QED) is 0.687. The summed E-state index contributed by atoms with van der Waals surface area (Å²) in [6.45, 7) is 4.67. The molecule has 0 aromatic heterocycles. The molecule has 0 unspecified atom stereocenters. The highest BCUT2D eigenvalue weighted by Gasteiger charge is 2.56. The van der Waals surface area contributed by atoms with Crippen molar-refractivity contribution in [1.82, 2.24) is 0 Å². The van der Waals surface area contributed by atoms with Gasteiger partial charge in [0.1, 0.15) is 5.78 Å². The number of fused-ring (bicyclic) bond motifs is 5. The van der Waals surface area contributed by atoms with Crippen LogP contribution in [0.5, 0.6) is 0 Å². The molecule has 4 aliphatic rings. The SMILES string of the molecule is C[C@]12CC[C@H](O)C[C@H]1CC[C@@H]1C2=CC[C@]2(C)C(=O)CC[C@@H]12. The molecule has 0 heterocycles. The van der Waals surface area contributed by atoms with E-state index in [-0.39, 0.29) is 11.5 Å². The van der Waals surface area contributed by atoms with Crippen LogP contribution in [-0.4, -0.2) is 17.0 Å². The van der Waals surface area contributed by atoms with Gasteiger partial charge in [0.15, 0.2) is 0 Å². The predicted octanol–water partition coefficient (Wildman–Crippen LogP) is 3.88. The summed E-state index contributed by atoms with van der Waals surface area (Å²) < 4.78 is 0. The van der Waals surface area contributed by atoms with Crippen LogP contribution in [0.15, 0.2) is 11.6 Å². The van der Waals surface area contributed by atoms with Gasteiger partial charge in [-0.2, -0.15) is 0 Å². The first kappa shape index (κ1) is 14.0. The Bertz CT molecular complexity index is 508. The molecule has 116 valence electrons. The average molecular weight is 288 g/mol. The van der Waals surface area contributed by atoms with Crippen molar-refractivity contribution in [3.8, 4) is 0 Å². The molecule has 2 heteroatoms. The Morgan fingerprint density at radius 3 is 2.76 bits per heavy atom. The van der Waals surface area contributed by atoms with Crippen LogP contribution < -0.4 is 0 Å². The summed E-state index contributed by atoms with van der Waals surface area (Å²) in [4.78, 5) is 12.3. The lowest BCUT2D eigenvalue weighted by molar-refractivity contribution is -0.127. The number of aliphatic hydroxyl groups excluding tert-OH is 1. The van der Waals surface area contributed by atoms with Gasteiger partial charge >= 0.3 is 0 Å². The minimum absolute atomic E-state index is 0.0639. The van der Waals surface area contributed by atoms with Gasteiger partial charge in [0.25, 0.3) is 0 Å². The van der Waals surface area contributed by atoms with Crippen LogP contribution in [-0.2, 0) is 4.79 Å². The maximum Gasteiger partial charge on any atom is 0.139 e. The summed E-state index contributed by atoms with van der Waals surface area (Å²) in [5.41, 5.74) is 1.91. The largest absolute Gasteiger partial charge is 0.393 e. The molecule has 0 aliphatic heterocycles. The van der Waals surface area contributed by atoms with Gasteiger partial charge in [-0.15, -0.1) is 0 Å². The molecule has 4 aliphatic carbocycles. The Balaban J connectivity index is 1.71. The molecule has 3 fully saturated rings. The number of ketones is 1. The lowest BCUT2D eigenvalue weighted by Crippen LogP contribution is -2.48. The lowest BCUT2D eigenvalue weighted by Gasteiger charge is -2.55. The van der Waals surface area contributed by atoms with E-state index in [9.17, 15) is 9.90 Å². The number of rotatable bonds is 0. The molecular weight excluding hydrogens is 260 g/mol. The van der Waals surface area contributed by atoms with E-state index in [2.05, 4.69) is 19.9 Å². The van der Waals surface area contributed by atoms with Crippen LogP contribution in [0.2, 0.25) is 0 Å². The highest BCUT2D eigenvalue weighted by atomic mass is 16.3. The second-order valence-electron chi connectivity index (χ2n) is 8.58. The van der Waals surface area contributed by atoms with E-state index in [0.29, 0.717) is 29.0 Å². The Morgan fingerprint density at radius 2 is 1.95 bits per heavy atom. The first-order chi connectivity index (χ1) is 9.95. The number of allylic oxidation sites excluding steroid dienone is 2. The number of carbonyl (C=O) groups is 1. The summed E-state index contributed by atoms with van der Waals surface area (Å²) >= 11 is 0. The molecule has 0 radical (unpaired) electrons. The van der Waals surface area contributed by atoms with Crippen molar-refractivity contribution in [2.45, 2.75) is 71.3 Å². The monoisotopic (exact) mass is 288 g/mol. The van der Waals surface area contributed by atoms with Gasteiger partial charge in [0.05, 0.1) is 6.10 Å². The van der Waals surface area contributed by atoms with E-state index >= 15 is 0 Å². The third kappa shape index (κ3) is 1.78. The topological polar surface area (TPSA) is 37.3 Å². The Morgan fingerprint density at radius 1 is 1.14 bits per heavy atom. The molecule has 0 bridgehead atoms. The molecule has 4 rings (SSSR count). The molecule has 0 aromatic rings. The summed E-state index contributed by atoms with van der Waals surface area (Å²) in [5.74, 6) is 2.40. The third-order valence-electron chi connectivity index (χ3n) is 7.71.